The van der Waals surface area contributed by atoms with Crippen molar-refractivity contribution in [2.24, 2.45) is 5.92 Å². The highest BCUT2D eigenvalue weighted by atomic mass is 16.5. The lowest BCUT2D eigenvalue weighted by molar-refractivity contribution is -0.255. The van der Waals surface area contributed by atoms with E-state index in [2.05, 4.69) is 17.5 Å². The van der Waals surface area contributed by atoms with E-state index in [0.29, 0.717) is 17.9 Å². The Morgan fingerprint density at radius 1 is 1.41 bits per heavy atom. The summed E-state index contributed by atoms with van der Waals surface area (Å²) in [4.78, 5) is 23.4. The minimum atomic E-state index is -1.21. The monoisotopic (exact) mass is 300 g/mol. The number of carboxylic acid groups (broad SMARTS) is 1. The summed E-state index contributed by atoms with van der Waals surface area (Å²) < 4.78 is 5.16. The zero-order valence-electron chi connectivity index (χ0n) is 12.6. The van der Waals surface area contributed by atoms with Crippen molar-refractivity contribution in [3.05, 3.63) is 41.0 Å². The SMILES string of the molecule is CCOC(=O)[C@@H]1Nc2c(ccc(C(=O)[O-])c2C)[C@@H]2C=CC[C@H]12. The van der Waals surface area contributed by atoms with Crippen LogP contribution in [0.25, 0.3) is 0 Å². The molecule has 3 atom stereocenters. The van der Waals surface area contributed by atoms with Gasteiger partial charge in [0.15, 0.2) is 0 Å². The number of fused-ring (bicyclic) bond motifs is 3. The van der Waals surface area contributed by atoms with Crippen molar-refractivity contribution in [1.82, 2.24) is 0 Å². The standard InChI is InChI=1S/C17H19NO4/c1-3-22-17(21)15-12-6-4-5-11(12)13-8-7-10(16(19)20)9(2)14(13)18-15/h4-5,7-8,11-12,15,18H,3,6H2,1-2H3,(H,19,20)/p-1/t11-,12+,15-/m1/s1. The molecule has 1 N–H and O–H groups in total. The van der Waals surface area contributed by atoms with Crippen molar-refractivity contribution in [3.8, 4) is 0 Å². The Labute approximate surface area is 129 Å². The Kier molecular flexibility index (Phi) is 3.64. The van der Waals surface area contributed by atoms with Crippen molar-refractivity contribution >= 4 is 17.6 Å². The first-order valence-corrected chi connectivity index (χ1v) is 7.49. The summed E-state index contributed by atoms with van der Waals surface area (Å²) in [6.07, 6.45) is 4.97. The highest BCUT2D eigenvalue weighted by Gasteiger charge is 2.42. The molecular formula is C17H18NO4-. The fourth-order valence-corrected chi connectivity index (χ4v) is 3.50. The molecule has 1 aromatic carbocycles. The molecule has 22 heavy (non-hydrogen) atoms. The largest absolute Gasteiger partial charge is 0.545 e. The summed E-state index contributed by atoms with van der Waals surface area (Å²) in [5.41, 5.74) is 2.49. The van der Waals surface area contributed by atoms with Gasteiger partial charge in [-0.15, -0.1) is 0 Å². The first kappa shape index (κ1) is 14.6. The zero-order chi connectivity index (χ0) is 15.9. The first-order valence-electron chi connectivity index (χ1n) is 7.49. The smallest absolute Gasteiger partial charge is 0.328 e. The molecule has 3 rings (SSSR count). The molecule has 0 amide bonds. The third-order valence-corrected chi connectivity index (χ3v) is 4.56. The lowest BCUT2D eigenvalue weighted by Crippen LogP contribution is -2.43. The molecule has 1 aromatic rings. The average Bonchev–Trinajstić information content (AvgIpc) is 2.96. The van der Waals surface area contributed by atoms with Crippen molar-refractivity contribution in [3.63, 3.8) is 0 Å². The predicted octanol–water partition coefficient (Wildman–Crippen LogP) is 1.38. The number of carbonyl (C=O) groups is 2. The molecule has 1 heterocycles. The van der Waals surface area contributed by atoms with Crippen LogP contribution in [0, 0.1) is 12.8 Å². The van der Waals surface area contributed by atoms with Gasteiger partial charge in [-0.3, -0.25) is 0 Å². The molecule has 0 aromatic heterocycles. The number of esters is 1. The Morgan fingerprint density at radius 2 is 2.18 bits per heavy atom. The topological polar surface area (TPSA) is 78.5 Å². The minimum Gasteiger partial charge on any atom is -0.545 e. The van der Waals surface area contributed by atoms with Gasteiger partial charge in [-0.1, -0.05) is 24.3 Å². The summed E-state index contributed by atoms with van der Waals surface area (Å²) >= 11 is 0. The number of ether oxygens (including phenoxy) is 1. The highest BCUT2D eigenvalue weighted by Crippen LogP contribution is 2.46. The van der Waals surface area contributed by atoms with E-state index in [0.717, 1.165) is 12.0 Å². The number of rotatable bonds is 3. The van der Waals surface area contributed by atoms with Crippen LogP contribution in [-0.4, -0.2) is 24.6 Å². The maximum atomic E-state index is 12.2. The Balaban J connectivity index is 2.06. The van der Waals surface area contributed by atoms with E-state index in [1.54, 1.807) is 19.9 Å². The van der Waals surface area contributed by atoms with E-state index < -0.39 is 12.0 Å². The van der Waals surface area contributed by atoms with Crippen molar-refractivity contribution in [1.29, 1.82) is 0 Å². The molecule has 0 saturated heterocycles. The van der Waals surface area contributed by atoms with Gasteiger partial charge in [-0.05, 0) is 31.4 Å². The number of anilines is 1. The van der Waals surface area contributed by atoms with Crippen LogP contribution in [0.4, 0.5) is 5.69 Å². The van der Waals surface area contributed by atoms with Crippen LogP contribution >= 0.6 is 0 Å². The maximum absolute atomic E-state index is 12.2. The Morgan fingerprint density at radius 3 is 2.86 bits per heavy atom. The van der Waals surface area contributed by atoms with Crippen LogP contribution in [0.1, 0.15) is 40.7 Å². The van der Waals surface area contributed by atoms with Crippen molar-refractivity contribution < 1.29 is 19.4 Å². The highest BCUT2D eigenvalue weighted by molar-refractivity contribution is 5.92. The lowest BCUT2D eigenvalue weighted by Gasteiger charge is -2.37. The maximum Gasteiger partial charge on any atom is 0.328 e. The third kappa shape index (κ3) is 2.17. The number of allylic oxidation sites excluding steroid dienone is 2. The second kappa shape index (κ2) is 5.48. The van der Waals surface area contributed by atoms with Crippen LogP contribution in [0.15, 0.2) is 24.3 Å². The van der Waals surface area contributed by atoms with Gasteiger partial charge in [0, 0.05) is 23.1 Å². The molecule has 0 unspecified atom stereocenters. The second-order valence-corrected chi connectivity index (χ2v) is 5.72. The van der Waals surface area contributed by atoms with Gasteiger partial charge in [0.25, 0.3) is 0 Å². The number of carboxylic acids is 1. The number of carbonyl (C=O) groups excluding carboxylic acids is 2. The van der Waals surface area contributed by atoms with Gasteiger partial charge in [-0.2, -0.15) is 0 Å². The molecule has 0 radical (unpaired) electrons. The number of hydrogen-bond acceptors (Lipinski definition) is 5. The summed E-state index contributed by atoms with van der Waals surface area (Å²) in [5, 5.41) is 14.4. The molecule has 0 fully saturated rings. The zero-order valence-corrected chi connectivity index (χ0v) is 12.6. The van der Waals surface area contributed by atoms with E-state index in [-0.39, 0.29) is 23.4 Å². The first-order chi connectivity index (χ1) is 10.5. The van der Waals surface area contributed by atoms with Crippen molar-refractivity contribution in [2.45, 2.75) is 32.2 Å². The van der Waals surface area contributed by atoms with E-state index in [9.17, 15) is 14.7 Å². The summed E-state index contributed by atoms with van der Waals surface area (Å²) in [7, 11) is 0. The molecule has 0 bridgehead atoms. The van der Waals surface area contributed by atoms with E-state index >= 15 is 0 Å². The molecule has 1 aliphatic heterocycles. The fraction of sp³-hybridized carbons (Fsp3) is 0.412. The van der Waals surface area contributed by atoms with E-state index in [1.807, 2.05) is 6.07 Å². The molecule has 1 aliphatic carbocycles. The van der Waals surface area contributed by atoms with E-state index in [4.69, 9.17) is 4.74 Å². The molecule has 5 heteroatoms. The summed E-state index contributed by atoms with van der Waals surface area (Å²) in [6.45, 7) is 3.84. The van der Waals surface area contributed by atoms with Crippen LogP contribution in [0.3, 0.4) is 0 Å². The number of nitrogens with one attached hydrogen (secondary N) is 1. The van der Waals surface area contributed by atoms with Gasteiger partial charge in [0.2, 0.25) is 0 Å². The molecule has 0 saturated carbocycles. The van der Waals surface area contributed by atoms with E-state index in [1.165, 1.54) is 0 Å². The minimum absolute atomic E-state index is 0.111. The molecule has 116 valence electrons. The Hall–Kier alpha value is -2.30. The molecular weight excluding hydrogens is 282 g/mol. The van der Waals surface area contributed by atoms with Crippen LogP contribution < -0.4 is 10.4 Å². The predicted molar refractivity (Wildman–Crippen MR) is 79.5 cm³/mol. The molecule has 0 spiro atoms. The van der Waals surface area contributed by atoms with Gasteiger partial charge in [0.05, 0.1) is 12.6 Å². The summed E-state index contributed by atoms with van der Waals surface area (Å²) in [6, 6.07) is 2.94. The second-order valence-electron chi connectivity index (χ2n) is 5.72. The van der Waals surface area contributed by atoms with Gasteiger partial charge >= 0.3 is 5.97 Å². The van der Waals surface area contributed by atoms with Gasteiger partial charge in [0.1, 0.15) is 6.04 Å². The van der Waals surface area contributed by atoms with Crippen LogP contribution in [0.2, 0.25) is 0 Å². The average molecular weight is 300 g/mol. The van der Waals surface area contributed by atoms with Gasteiger partial charge in [-0.25, -0.2) is 4.79 Å². The van der Waals surface area contributed by atoms with Crippen LogP contribution in [0.5, 0.6) is 0 Å². The number of aromatic carboxylic acids is 1. The lowest BCUT2D eigenvalue weighted by atomic mass is 9.78. The molecule has 5 nitrogen and oxygen atoms in total. The number of benzene rings is 1. The molecule has 2 aliphatic rings. The third-order valence-electron chi connectivity index (χ3n) is 4.56. The Bertz CT molecular complexity index is 665. The van der Waals surface area contributed by atoms with Crippen molar-refractivity contribution in [2.75, 3.05) is 11.9 Å². The van der Waals surface area contributed by atoms with Gasteiger partial charge < -0.3 is 20.0 Å². The normalized spacial score (nSPS) is 25.1. The quantitative estimate of drug-likeness (QED) is 0.674. The number of hydrogen-bond donors (Lipinski definition) is 1. The summed E-state index contributed by atoms with van der Waals surface area (Å²) in [5.74, 6) is -1.27. The van der Waals surface area contributed by atoms with Crippen LogP contribution in [-0.2, 0) is 9.53 Å². The fourth-order valence-electron chi connectivity index (χ4n) is 3.50.